The van der Waals surface area contributed by atoms with Crippen molar-refractivity contribution in [3.05, 3.63) is 34.3 Å². The quantitative estimate of drug-likeness (QED) is 0.786. The zero-order valence-electron chi connectivity index (χ0n) is 6.57. The zero-order valence-corrected chi connectivity index (χ0v) is 9.05. The summed E-state index contributed by atoms with van der Waals surface area (Å²) in [5.41, 5.74) is 1.13. The Hall–Kier alpha value is 0.01000. The molecule has 0 aliphatic carbocycles. The van der Waals surface area contributed by atoms with Gasteiger partial charge in [-0.2, -0.15) is 12.6 Å². The van der Waals surface area contributed by atoms with E-state index in [0.717, 1.165) is 10.0 Å². The van der Waals surface area contributed by atoms with Gasteiger partial charge in [-0.15, -0.1) is 0 Å². The number of benzene rings is 1. The van der Waals surface area contributed by atoms with E-state index in [1.807, 2.05) is 24.3 Å². The van der Waals surface area contributed by atoms with Gasteiger partial charge in [-0.05, 0) is 23.4 Å². The van der Waals surface area contributed by atoms with Gasteiger partial charge < -0.3 is 5.11 Å². The molecule has 0 aliphatic rings. The molecule has 0 bridgehead atoms. The molecule has 1 nitrogen and oxygen atoms in total. The fraction of sp³-hybridized carbons (Fsp3) is 0.333. The molecule has 12 heavy (non-hydrogen) atoms. The number of hydrogen-bond acceptors (Lipinski definition) is 2. The van der Waals surface area contributed by atoms with E-state index in [0.29, 0.717) is 5.75 Å². The third-order valence-electron chi connectivity index (χ3n) is 1.78. The zero-order chi connectivity index (χ0) is 8.97. The molecule has 0 spiro atoms. The van der Waals surface area contributed by atoms with Crippen LogP contribution < -0.4 is 0 Å². The summed E-state index contributed by atoms with van der Waals surface area (Å²) in [6.07, 6.45) is 0. The Kier molecular flexibility index (Phi) is 4.12. The molecule has 0 heterocycles. The number of halogens is 1. The Bertz CT molecular complexity index is 231. The van der Waals surface area contributed by atoms with E-state index < -0.39 is 0 Å². The lowest BCUT2D eigenvalue weighted by atomic mass is 10.0. The summed E-state index contributed by atoms with van der Waals surface area (Å²) < 4.78 is 1.06. The van der Waals surface area contributed by atoms with E-state index in [1.165, 1.54) is 0 Å². The molecular formula is C9H11BrOS. The minimum absolute atomic E-state index is 0.154. The number of aliphatic hydroxyl groups excluding tert-OH is 1. The van der Waals surface area contributed by atoms with Gasteiger partial charge in [0.25, 0.3) is 0 Å². The summed E-state index contributed by atoms with van der Waals surface area (Å²) in [5.74, 6) is 0.833. The molecule has 0 fully saturated rings. The maximum atomic E-state index is 8.99. The summed E-state index contributed by atoms with van der Waals surface area (Å²) in [7, 11) is 0. The first-order valence-corrected chi connectivity index (χ1v) is 5.17. The summed E-state index contributed by atoms with van der Waals surface area (Å²) in [6.45, 7) is 0.158. The third kappa shape index (κ3) is 2.51. The van der Waals surface area contributed by atoms with Gasteiger partial charge in [0.2, 0.25) is 0 Å². The van der Waals surface area contributed by atoms with Crippen LogP contribution in [0.2, 0.25) is 0 Å². The highest BCUT2D eigenvalue weighted by atomic mass is 79.9. The second-order valence-electron chi connectivity index (χ2n) is 2.61. The Morgan fingerprint density at radius 1 is 1.33 bits per heavy atom. The van der Waals surface area contributed by atoms with E-state index in [1.54, 1.807) is 0 Å². The van der Waals surface area contributed by atoms with Gasteiger partial charge in [-0.25, -0.2) is 0 Å². The van der Waals surface area contributed by atoms with Crippen molar-refractivity contribution < 1.29 is 5.11 Å². The summed E-state index contributed by atoms with van der Waals surface area (Å²) in [6, 6.07) is 7.95. The van der Waals surface area contributed by atoms with E-state index in [9.17, 15) is 0 Å². The number of rotatable bonds is 3. The molecule has 0 saturated carbocycles. The van der Waals surface area contributed by atoms with E-state index >= 15 is 0 Å². The van der Waals surface area contributed by atoms with Gasteiger partial charge in [-0.3, -0.25) is 0 Å². The minimum Gasteiger partial charge on any atom is -0.396 e. The van der Waals surface area contributed by atoms with E-state index in [4.69, 9.17) is 5.11 Å². The molecule has 66 valence electrons. The molecule has 1 aromatic rings. The largest absolute Gasteiger partial charge is 0.396 e. The van der Waals surface area contributed by atoms with Gasteiger partial charge in [0.15, 0.2) is 0 Å². The van der Waals surface area contributed by atoms with Gasteiger partial charge in [0, 0.05) is 10.4 Å². The first-order valence-electron chi connectivity index (χ1n) is 3.75. The lowest BCUT2D eigenvalue weighted by Crippen LogP contribution is -2.05. The highest BCUT2D eigenvalue weighted by Crippen LogP contribution is 2.19. The van der Waals surface area contributed by atoms with Gasteiger partial charge in [0.1, 0.15) is 0 Å². The predicted molar refractivity (Wildman–Crippen MR) is 57.8 cm³/mol. The molecule has 0 aromatic heterocycles. The van der Waals surface area contributed by atoms with Gasteiger partial charge in [0.05, 0.1) is 6.61 Å². The SMILES string of the molecule is OCC(CS)c1ccc(Br)cc1. The molecule has 1 unspecified atom stereocenters. The molecule has 1 atom stereocenters. The fourth-order valence-corrected chi connectivity index (χ4v) is 1.59. The lowest BCUT2D eigenvalue weighted by molar-refractivity contribution is 0.275. The molecule has 3 heteroatoms. The number of aliphatic hydroxyl groups is 1. The van der Waals surface area contributed by atoms with Crippen LogP contribution in [0.4, 0.5) is 0 Å². The summed E-state index contributed by atoms with van der Waals surface area (Å²) >= 11 is 7.52. The molecule has 0 radical (unpaired) electrons. The first kappa shape index (κ1) is 10.1. The van der Waals surface area contributed by atoms with Crippen LogP contribution in [-0.2, 0) is 0 Å². The van der Waals surface area contributed by atoms with Crippen LogP contribution >= 0.6 is 28.6 Å². The molecule has 1 rings (SSSR count). The monoisotopic (exact) mass is 246 g/mol. The second-order valence-corrected chi connectivity index (χ2v) is 3.89. The average molecular weight is 247 g/mol. The smallest absolute Gasteiger partial charge is 0.0507 e. The Morgan fingerprint density at radius 3 is 2.33 bits per heavy atom. The van der Waals surface area contributed by atoms with E-state index in [-0.39, 0.29) is 12.5 Å². The summed E-state index contributed by atoms with van der Waals surface area (Å²) in [5, 5.41) is 8.99. The first-order chi connectivity index (χ1) is 5.77. The van der Waals surface area contributed by atoms with Crippen LogP contribution in [0.25, 0.3) is 0 Å². The van der Waals surface area contributed by atoms with E-state index in [2.05, 4.69) is 28.6 Å². The normalized spacial score (nSPS) is 12.9. The van der Waals surface area contributed by atoms with Crippen molar-refractivity contribution in [3.8, 4) is 0 Å². The highest BCUT2D eigenvalue weighted by Gasteiger charge is 2.06. The fourth-order valence-electron chi connectivity index (χ4n) is 1.00. The van der Waals surface area contributed by atoms with Crippen LogP contribution in [-0.4, -0.2) is 17.5 Å². The molecule has 1 N–H and O–H groups in total. The van der Waals surface area contributed by atoms with Crippen LogP contribution in [0, 0.1) is 0 Å². The topological polar surface area (TPSA) is 20.2 Å². The Labute approximate surface area is 86.3 Å². The maximum absolute atomic E-state index is 8.99. The minimum atomic E-state index is 0.154. The average Bonchev–Trinajstić information content (AvgIpc) is 2.10. The van der Waals surface area contributed by atoms with Crippen LogP contribution in [0.15, 0.2) is 28.7 Å². The van der Waals surface area contributed by atoms with Crippen molar-refractivity contribution in [2.24, 2.45) is 0 Å². The standard InChI is InChI=1S/C9H11BrOS/c10-9-3-1-7(2-4-9)8(5-11)6-12/h1-4,8,11-12H,5-6H2. The molecule has 1 aromatic carbocycles. The van der Waals surface area contributed by atoms with Crippen molar-refractivity contribution in [2.75, 3.05) is 12.4 Å². The Morgan fingerprint density at radius 2 is 1.92 bits per heavy atom. The van der Waals surface area contributed by atoms with Crippen LogP contribution in [0.1, 0.15) is 11.5 Å². The van der Waals surface area contributed by atoms with Crippen molar-refractivity contribution in [3.63, 3.8) is 0 Å². The summed E-state index contributed by atoms with van der Waals surface area (Å²) in [4.78, 5) is 0. The predicted octanol–water partition coefficient (Wildman–Crippen LogP) is 2.45. The van der Waals surface area contributed by atoms with Crippen molar-refractivity contribution >= 4 is 28.6 Å². The molecular weight excluding hydrogens is 236 g/mol. The second kappa shape index (κ2) is 4.90. The van der Waals surface area contributed by atoms with Crippen molar-refractivity contribution in [1.82, 2.24) is 0 Å². The van der Waals surface area contributed by atoms with Crippen molar-refractivity contribution in [1.29, 1.82) is 0 Å². The van der Waals surface area contributed by atoms with Crippen molar-refractivity contribution in [2.45, 2.75) is 5.92 Å². The van der Waals surface area contributed by atoms with Gasteiger partial charge in [-0.1, -0.05) is 28.1 Å². The lowest BCUT2D eigenvalue weighted by Gasteiger charge is -2.10. The number of thiol groups is 1. The molecule has 0 amide bonds. The van der Waals surface area contributed by atoms with Crippen LogP contribution in [0.3, 0.4) is 0 Å². The third-order valence-corrected chi connectivity index (χ3v) is 2.75. The Balaban J connectivity index is 2.80. The number of hydrogen-bond donors (Lipinski definition) is 2. The molecule has 0 aliphatic heterocycles. The molecule has 0 saturated heterocycles. The maximum Gasteiger partial charge on any atom is 0.0507 e. The highest BCUT2D eigenvalue weighted by molar-refractivity contribution is 9.10. The van der Waals surface area contributed by atoms with Gasteiger partial charge >= 0.3 is 0 Å². The van der Waals surface area contributed by atoms with Crippen LogP contribution in [0.5, 0.6) is 0 Å².